The van der Waals surface area contributed by atoms with E-state index >= 15 is 0 Å². The standard InChI is InChI=1S/C23H19N5O2/c1-28-14-17(13-26-28)16-10-23-22(25-12-16)5-4-21(27-23)20(6-7-24)15-8-18(29-2)11-19(9-15)30-3/h4-6,8-14H,1-3H3/b20-6+. The summed E-state index contributed by atoms with van der Waals surface area (Å²) in [5.74, 6) is 1.27. The van der Waals surface area contributed by atoms with Crippen molar-refractivity contribution in [2.24, 2.45) is 7.05 Å². The van der Waals surface area contributed by atoms with Crippen LogP contribution in [0, 0.1) is 11.3 Å². The molecular weight excluding hydrogens is 378 g/mol. The zero-order valence-corrected chi connectivity index (χ0v) is 16.8. The van der Waals surface area contributed by atoms with E-state index in [1.807, 2.05) is 43.6 Å². The zero-order chi connectivity index (χ0) is 21.1. The quantitative estimate of drug-likeness (QED) is 0.473. The highest BCUT2D eigenvalue weighted by atomic mass is 16.5. The molecule has 148 valence electrons. The number of hydrogen-bond acceptors (Lipinski definition) is 6. The predicted molar refractivity (Wildman–Crippen MR) is 114 cm³/mol. The Morgan fingerprint density at radius 2 is 1.77 bits per heavy atom. The smallest absolute Gasteiger partial charge is 0.123 e. The van der Waals surface area contributed by atoms with Gasteiger partial charge in [-0.05, 0) is 35.9 Å². The van der Waals surface area contributed by atoms with Crippen LogP contribution in [0.25, 0.3) is 27.7 Å². The highest BCUT2D eigenvalue weighted by molar-refractivity contribution is 5.86. The second-order valence-electron chi connectivity index (χ2n) is 6.65. The molecule has 0 spiro atoms. The third-order valence-electron chi connectivity index (χ3n) is 4.72. The lowest BCUT2D eigenvalue weighted by atomic mass is 10.0. The first-order valence-corrected chi connectivity index (χ1v) is 9.20. The minimum Gasteiger partial charge on any atom is -0.497 e. The van der Waals surface area contributed by atoms with Crippen molar-refractivity contribution in [3.05, 3.63) is 72.3 Å². The Morgan fingerprint density at radius 3 is 2.40 bits per heavy atom. The Labute approximate surface area is 173 Å². The van der Waals surface area contributed by atoms with Crippen LogP contribution < -0.4 is 9.47 Å². The van der Waals surface area contributed by atoms with E-state index in [2.05, 4.69) is 16.2 Å². The number of nitriles is 1. The Balaban J connectivity index is 1.83. The molecule has 7 heteroatoms. The lowest BCUT2D eigenvalue weighted by Gasteiger charge is -2.11. The van der Waals surface area contributed by atoms with Gasteiger partial charge < -0.3 is 9.47 Å². The van der Waals surface area contributed by atoms with E-state index in [1.54, 1.807) is 37.4 Å². The molecule has 0 bridgehead atoms. The van der Waals surface area contributed by atoms with Crippen LogP contribution in [0.15, 0.2) is 61.1 Å². The summed E-state index contributed by atoms with van der Waals surface area (Å²) in [7, 11) is 5.05. The van der Waals surface area contributed by atoms with Gasteiger partial charge in [-0.15, -0.1) is 0 Å². The predicted octanol–water partition coefficient (Wildman–Crippen LogP) is 4.00. The first-order chi connectivity index (χ1) is 14.6. The van der Waals surface area contributed by atoms with Gasteiger partial charge in [-0.25, -0.2) is 4.98 Å². The average Bonchev–Trinajstić information content (AvgIpc) is 3.22. The number of aromatic nitrogens is 4. The Kier molecular flexibility index (Phi) is 5.14. The van der Waals surface area contributed by atoms with Gasteiger partial charge in [0.1, 0.15) is 11.5 Å². The summed E-state index contributed by atoms with van der Waals surface area (Å²) in [5, 5.41) is 13.6. The van der Waals surface area contributed by atoms with Crippen LogP contribution in [0.1, 0.15) is 11.3 Å². The zero-order valence-electron chi connectivity index (χ0n) is 16.8. The fourth-order valence-corrected chi connectivity index (χ4v) is 3.22. The number of ether oxygens (including phenoxy) is 2. The van der Waals surface area contributed by atoms with Crippen molar-refractivity contribution in [1.82, 2.24) is 19.7 Å². The normalized spacial score (nSPS) is 11.3. The van der Waals surface area contributed by atoms with Crippen LogP contribution in [0.5, 0.6) is 11.5 Å². The fraction of sp³-hybridized carbons (Fsp3) is 0.130. The maximum Gasteiger partial charge on any atom is 0.123 e. The van der Waals surface area contributed by atoms with Crippen molar-refractivity contribution >= 4 is 16.6 Å². The van der Waals surface area contributed by atoms with Crippen molar-refractivity contribution in [3.63, 3.8) is 0 Å². The van der Waals surface area contributed by atoms with Gasteiger partial charge in [0.15, 0.2) is 0 Å². The second-order valence-corrected chi connectivity index (χ2v) is 6.65. The minimum atomic E-state index is 0.634. The number of allylic oxidation sites excluding steroid dienone is 1. The van der Waals surface area contributed by atoms with Crippen molar-refractivity contribution in [2.45, 2.75) is 0 Å². The highest BCUT2D eigenvalue weighted by Gasteiger charge is 2.12. The highest BCUT2D eigenvalue weighted by Crippen LogP contribution is 2.31. The van der Waals surface area contributed by atoms with E-state index in [1.165, 1.54) is 6.08 Å². The van der Waals surface area contributed by atoms with Gasteiger partial charge in [0, 0.05) is 48.3 Å². The molecule has 0 amide bonds. The van der Waals surface area contributed by atoms with Gasteiger partial charge >= 0.3 is 0 Å². The molecule has 3 aromatic heterocycles. The molecular formula is C23H19N5O2. The molecule has 0 atom stereocenters. The topological polar surface area (TPSA) is 85.9 Å². The van der Waals surface area contributed by atoms with Gasteiger partial charge in [0.05, 0.1) is 43.2 Å². The molecule has 4 rings (SSSR count). The van der Waals surface area contributed by atoms with E-state index in [0.717, 1.165) is 27.7 Å². The van der Waals surface area contributed by atoms with Crippen LogP contribution in [-0.2, 0) is 7.05 Å². The number of nitrogens with zero attached hydrogens (tertiary/aromatic N) is 5. The van der Waals surface area contributed by atoms with E-state index in [-0.39, 0.29) is 0 Å². The Bertz CT molecular complexity index is 1280. The molecule has 0 saturated carbocycles. The molecule has 4 aromatic rings. The van der Waals surface area contributed by atoms with E-state index in [4.69, 9.17) is 14.5 Å². The maximum atomic E-state index is 9.38. The summed E-state index contributed by atoms with van der Waals surface area (Å²) < 4.78 is 12.5. The van der Waals surface area contributed by atoms with Crippen molar-refractivity contribution in [3.8, 4) is 28.7 Å². The third kappa shape index (κ3) is 3.71. The number of pyridine rings is 2. The van der Waals surface area contributed by atoms with Crippen molar-refractivity contribution < 1.29 is 9.47 Å². The number of rotatable bonds is 5. The van der Waals surface area contributed by atoms with Gasteiger partial charge in [0.25, 0.3) is 0 Å². The fourth-order valence-electron chi connectivity index (χ4n) is 3.22. The van der Waals surface area contributed by atoms with Crippen molar-refractivity contribution in [2.75, 3.05) is 14.2 Å². The molecule has 0 aliphatic heterocycles. The molecule has 30 heavy (non-hydrogen) atoms. The van der Waals surface area contributed by atoms with Gasteiger partial charge in [0.2, 0.25) is 0 Å². The van der Waals surface area contributed by atoms with E-state index in [0.29, 0.717) is 22.8 Å². The van der Waals surface area contributed by atoms with Gasteiger partial charge in [-0.3, -0.25) is 9.67 Å². The maximum absolute atomic E-state index is 9.38. The molecule has 0 N–H and O–H groups in total. The van der Waals surface area contributed by atoms with Crippen LogP contribution in [0.2, 0.25) is 0 Å². The monoisotopic (exact) mass is 397 g/mol. The summed E-state index contributed by atoms with van der Waals surface area (Å²) in [6, 6.07) is 13.3. The third-order valence-corrected chi connectivity index (χ3v) is 4.72. The van der Waals surface area contributed by atoms with Gasteiger partial charge in [-0.1, -0.05) is 0 Å². The first-order valence-electron chi connectivity index (χ1n) is 9.20. The van der Waals surface area contributed by atoms with Crippen LogP contribution in [0.3, 0.4) is 0 Å². The summed E-state index contributed by atoms with van der Waals surface area (Å²) in [5.41, 5.74) is 5.49. The SMILES string of the molecule is COc1cc(OC)cc(/C(=C\C#N)c2ccc3ncc(-c4cnn(C)c4)cc3n2)c1. The molecule has 0 radical (unpaired) electrons. The molecule has 1 aromatic carbocycles. The average molecular weight is 397 g/mol. The Hall–Kier alpha value is -4.18. The lowest BCUT2D eigenvalue weighted by Crippen LogP contribution is -1.96. The number of aryl methyl sites for hydroxylation is 1. The molecule has 3 heterocycles. The molecule has 7 nitrogen and oxygen atoms in total. The van der Waals surface area contributed by atoms with Crippen LogP contribution in [-0.4, -0.2) is 34.0 Å². The molecule has 0 unspecified atom stereocenters. The summed E-state index contributed by atoms with van der Waals surface area (Å²) in [4.78, 5) is 9.30. The summed E-state index contributed by atoms with van der Waals surface area (Å²) in [6.45, 7) is 0. The van der Waals surface area contributed by atoms with Crippen LogP contribution in [0.4, 0.5) is 0 Å². The van der Waals surface area contributed by atoms with Gasteiger partial charge in [-0.2, -0.15) is 10.4 Å². The first kappa shape index (κ1) is 19.2. The number of methoxy groups -OCH3 is 2. The second kappa shape index (κ2) is 8.05. The lowest BCUT2D eigenvalue weighted by molar-refractivity contribution is 0.394. The Morgan fingerprint density at radius 1 is 1.00 bits per heavy atom. The number of hydrogen-bond donors (Lipinski definition) is 0. The van der Waals surface area contributed by atoms with E-state index < -0.39 is 0 Å². The molecule has 0 fully saturated rings. The summed E-state index contributed by atoms with van der Waals surface area (Å²) in [6.07, 6.45) is 6.99. The van der Waals surface area contributed by atoms with Crippen molar-refractivity contribution in [1.29, 1.82) is 5.26 Å². The minimum absolute atomic E-state index is 0.634. The number of fused-ring (bicyclic) bond motifs is 1. The summed E-state index contributed by atoms with van der Waals surface area (Å²) >= 11 is 0. The van der Waals surface area contributed by atoms with Crippen LogP contribution >= 0.6 is 0 Å². The largest absolute Gasteiger partial charge is 0.497 e. The molecule has 0 aliphatic rings. The molecule has 0 saturated heterocycles. The molecule has 0 aliphatic carbocycles. The number of benzene rings is 1. The van der Waals surface area contributed by atoms with E-state index in [9.17, 15) is 5.26 Å².